The van der Waals surface area contributed by atoms with Gasteiger partial charge in [-0.3, -0.25) is 4.79 Å². The molecule has 5 heteroatoms. The van der Waals surface area contributed by atoms with E-state index >= 15 is 0 Å². The molecule has 3 rings (SSSR count). The molecule has 0 unspecified atom stereocenters. The number of nitrogens with one attached hydrogen (secondary N) is 2. The zero-order valence-corrected chi connectivity index (χ0v) is 14.0. The molecule has 1 aliphatic carbocycles. The third-order valence-corrected chi connectivity index (χ3v) is 4.37. The van der Waals surface area contributed by atoms with Gasteiger partial charge in [0.2, 0.25) is 5.91 Å². The Balaban J connectivity index is 1.58. The van der Waals surface area contributed by atoms with E-state index < -0.39 is 0 Å². The maximum Gasteiger partial charge on any atom is 0.242 e. The van der Waals surface area contributed by atoms with Crippen molar-refractivity contribution in [3.63, 3.8) is 0 Å². The molecule has 23 heavy (non-hydrogen) atoms. The molecular weight excluding hydrogens is 288 g/mol. The Morgan fingerprint density at radius 2 is 2.04 bits per heavy atom. The van der Waals surface area contributed by atoms with Crippen molar-refractivity contribution in [2.75, 3.05) is 5.32 Å². The number of para-hydroxylation sites is 1. The highest BCUT2D eigenvalue weighted by Crippen LogP contribution is 2.35. The first-order chi connectivity index (χ1) is 11.1. The molecule has 2 N–H and O–H groups in total. The van der Waals surface area contributed by atoms with Crippen LogP contribution in [0.1, 0.15) is 42.6 Å². The van der Waals surface area contributed by atoms with E-state index in [1.54, 1.807) is 0 Å². The fraction of sp³-hybridized carbons (Fsp3) is 0.444. The molecule has 1 aromatic carbocycles. The van der Waals surface area contributed by atoms with Crippen molar-refractivity contribution < 1.29 is 4.79 Å². The van der Waals surface area contributed by atoms with Crippen molar-refractivity contribution >= 4 is 11.6 Å². The molecule has 1 fully saturated rings. The first-order valence-corrected chi connectivity index (χ1v) is 8.17. The Bertz CT molecular complexity index is 683. The molecule has 0 aliphatic heterocycles. The summed E-state index contributed by atoms with van der Waals surface area (Å²) in [5.41, 5.74) is 4.41. The first-order valence-electron chi connectivity index (χ1n) is 8.17. The minimum absolute atomic E-state index is 0.00352. The summed E-state index contributed by atoms with van der Waals surface area (Å²) in [6, 6.07) is 6.42. The minimum atomic E-state index is -0.285. The number of carbonyl (C=O) groups is 1. The largest absolute Gasteiger partial charge is 0.373 e. The lowest BCUT2D eigenvalue weighted by Crippen LogP contribution is -2.37. The van der Waals surface area contributed by atoms with Crippen molar-refractivity contribution in [1.29, 1.82) is 0 Å². The number of carbonyl (C=O) groups excluding carboxylic acids is 1. The summed E-state index contributed by atoms with van der Waals surface area (Å²) in [5.74, 6) is -0.00352. The average Bonchev–Trinajstić information content (AvgIpc) is 3.27. The Morgan fingerprint density at radius 1 is 1.35 bits per heavy atom. The maximum atomic E-state index is 12.4. The topological polar surface area (TPSA) is 59.0 Å². The zero-order chi connectivity index (χ0) is 16.4. The van der Waals surface area contributed by atoms with Crippen LogP contribution in [0.4, 0.5) is 5.69 Å². The van der Waals surface area contributed by atoms with E-state index in [2.05, 4.69) is 20.2 Å². The summed E-state index contributed by atoms with van der Waals surface area (Å²) < 4.78 is 2.17. The zero-order valence-electron chi connectivity index (χ0n) is 14.0. The third-order valence-electron chi connectivity index (χ3n) is 4.37. The molecule has 1 heterocycles. The quantitative estimate of drug-likeness (QED) is 0.862. The Morgan fingerprint density at radius 3 is 2.70 bits per heavy atom. The predicted octanol–water partition coefficient (Wildman–Crippen LogP) is 2.95. The molecule has 0 radical (unpaired) electrons. The van der Waals surface area contributed by atoms with Crippen LogP contribution in [0.15, 0.2) is 30.7 Å². The van der Waals surface area contributed by atoms with Gasteiger partial charge in [0.1, 0.15) is 6.04 Å². The maximum absolute atomic E-state index is 12.4. The summed E-state index contributed by atoms with van der Waals surface area (Å²) >= 11 is 0. The Labute approximate surface area is 137 Å². The second-order valence-electron chi connectivity index (χ2n) is 6.37. The number of benzene rings is 1. The summed E-state index contributed by atoms with van der Waals surface area (Å²) in [4.78, 5) is 16.6. The number of rotatable bonds is 6. The molecule has 5 nitrogen and oxygen atoms in total. The van der Waals surface area contributed by atoms with Gasteiger partial charge in [-0.25, -0.2) is 4.98 Å². The number of hydrogen-bond acceptors (Lipinski definition) is 3. The number of aryl methyl sites for hydroxylation is 2. The second kappa shape index (κ2) is 6.44. The average molecular weight is 312 g/mol. The van der Waals surface area contributed by atoms with Crippen LogP contribution in [-0.2, 0) is 11.3 Å². The number of anilines is 1. The molecule has 1 amide bonds. The lowest BCUT2D eigenvalue weighted by Gasteiger charge is -2.19. The fourth-order valence-electron chi connectivity index (χ4n) is 2.81. The van der Waals surface area contributed by atoms with Crippen LogP contribution < -0.4 is 10.6 Å². The van der Waals surface area contributed by atoms with Gasteiger partial charge in [0, 0.05) is 17.9 Å². The lowest BCUT2D eigenvalue weighted by molar-refractivity contribution is -0.121. The highest BCUT2D eigenvalue weighted by atomic mass is 16.2. The van der Waals surface area contributed by atoms with Crippen molar-refractivity contribution in [3.05, 3.63) is 47.5 Å². The van der Waals surface area contributed by atoms with Crippen LogP contribution >= 0.6 is 0 Å². The van der Waals surface area contributed by atoms with Crippen molar-refractivity contribution in [1.82, 2.24) is 14.9 Å². The van der Waals surface area contributed by atoms with E-state index in [1.807, 2.05) is 51.5 Å². The number of hydrogen-bond donors (Lipinski definition) is 2. The van der Waals surface area contributed by atoms with Gasteiger partial charge in [-0.2, -0.15) is 0 Å². The normalized spacial score (nSPS) is 15.3. The molecule has 1 aliphatic rings. The molecule has 1 atom stereocenters. The summed E-state index contributed by atoms with van der Waals surface area (Å²) in [6.07, 6.45) is 6.11. The van der Waals surface area contributed by atoms with Gasteiger partial charge >= 0.3 is 0 Å². The monoisotopic (exact) mass is 312 g/mol. The SMILES string of the molecule is Cc1cccc(C)c1N[C@@H](C)C(=O)NCc1cncn1C1CC1. The van der Waals surface area contributed by atoms with Crippen LogP contribution in [0.2, 0.25) is 0 Å². The molecule has 0 spiro atoms. The molecule has 1 saturated carbocycles. The predicted molar refractivity (Wildman–Crippen MR) is 91.3 cm³/mol. The smallest absolute Gasteiger partial charge is 0.242 e. The molecule has 2 aromatic rings. The van der Waals surface area contributed by atoms with Gasteiger partial charge < -0.3 is 15.2 Å². The lowest BCUT2D eigenvalue weighted by atomic mass is 10.1. The van der Waals surface area contributed by atoms with E-state index in [0.717, 1.165) is 22.5 Å². The summed E-state index contributed by atoms with van der Waals surface area (Å²) in [6.45, 7) is 6.51. The third kappa shape index (κ3) is 3.55. The summed E-state index contributed by atoms with van der Waals surface area (Å²) in [5, 5.41) is 6.33. The van der Waals surface area contributed by atoms with Crippen molar-refractivity contribution in [2.24, 2.45) is 0 Å². The van der Waals surface area contributed by atoms with Crippen molar-refractivity contribution in [2.45, 2.75) is 52.2 Å². The highest BCUT2D eigenvalue weighted by Gasteiger charge is 2.25. The van der Waals surface area contributed by atoms with Crippen LogP contribution in [-0.4, -0.2) is 21.5 Å². The van der Waals surface area contributed by atoms with Gasteiger partial charge in [0.15, 0.2) is 0 Å². The molecule has 122 valence electrons. The van der Waals surface area contributed by atoms with Crippen molar-refractivity contribution in [3.8, 4) is 0 Å². The number of nitrogens with zero attached hydrogens (tertiary/aromatic N) is 2. The van der Waals surface area contributed by atoms with Crippen LogP contribution in [0.25, 0.3) is 0 Å². The van der Waals surface area contributed by atoms with Gasteiger partial charge in [0.05, 0.1) is 18.6 Å². The number of amides is 1. The fourth-order valence-corrected chi connectivity index (χ4v) is 2.81. The number of imidazole rings is 1. The van der Waals surface area contributed by atoms with Crippen LogP contribution in [0, 0.1) is 13.8 Å². The van der Waals surface area contributed by atoms with E-state index in [4.69, 9.17) is 0 Å². The van der Waals surface area contributed by atoms with E-state index in [9.17, 15) is 4.79 Å². The van der Waals surface area contributed by atoms with Crippen LogP contribution in [0.3, 0.4) is 0 Å². The second-order valence-corrected chi connectivity index (χ2v) is 6.37. The minimum Gasteiger partial charge on any atom is -0.373 e. The van der Waals surface area contributed by atoms with Gasteiger partial charge in [-0.05, 0) is 44.7 Å². The molecular formula is C18H24N4O. The van der Waals surface area contributed by atoms with E-state index in [-0.39, 0.29) is 11.9 Å². The first kappa shape index (κ1) is 15.6. The molecule has 1 aromatic heterocycles. The van der Waals surface area contributed by atoms with E-state index in [0.29, 0.717) is 12.6 Å². The Hall–Kier alpha value is -2.30. The van der Waals surface area contributed by atoms with Gasteiger partial charge in [0.25, 0.3) is 0 Å². The van der Waals surface area contributed by atoms with Gasteiger partial charge in [-0.15, -0.1) is 0 Å². The number of aromatic nitrogens is 2. The molecule has 0 saturated heterocycles. The highest BCUT2D eigenvalue weighted by molar-refractivity contribution is 5.84. The van der Waals surface area contributed by atoms with Gasteiger partial charge in [-0.1, -0.05) is 18.2 Å². The standard InChI is InChI=1S/C18H24N4O/c1-12-5-4-6-13(2)17(12)21-14(3)18(23)20-10-16-9-19-11-22(16)15-7-8-15/h4-6,9,11,14-15,21H,7-8,10H2,1-3H3,(H,20,23)/t14-/m0/s1. The summed E-state index contributed by atoms with van der Waals surface area (Å²) in [7, 11) is 0. The Kier molecular flexibility index (Phi) is 4.37. The molecule has 0 bridgehead atoms. The van der Waals surface area contributed by atoms with E-state index in [1.165, 1.54) is 12.8 Å². The van der Waals surface area contributed by atoms with Crippen LogP contribution in [0.5, 0.6) is 0 Å².